The Morgan fingerprint density at radius 3 is 2.75 bits per heavy atom. The van der Waals surface area contributed by atoms with Crippen molar-refractivity contribution in [2.45, 2.75) is 31.8 Å². The molecule has 0 aliphatic carbocycles. The Hall–Kier alpha value is -2.73. The van der Waals surface area contributed by atoms with Crippen LogP contribution >= 0.6 is 0 Å². The van der Waals surface area contributed by atoms with E-state index in [0.717, 1.165) is 44.2 Å². The first-order valence-electron chi connectivity index (χ1n) is 9.93. The summed E-state index contributed by atoms with van der Waals surface area (Å²) in [5, 5.41) is 0. The molecule has 1 fully saturated rings. The molecule has 3 aromatic rings. The smallest absolute Gasteiger partial charge is 0.128 e. The number of hydrogen-bond donors (Lipinski definition) is 0. The van der Waals surface area contributed by atoms with Crippen molar-refractivity contribution in [3.8, 4) is 0 Å². The van der Waals surface area contributed by atoms with E-state index in [0.29, 0.717) is 5.92 Å². The molecule has 4 rings (SSSR count). The lowest BCUT2D eigenvalue weighted by Crippen LogP contribution is -2.36. The molecular weight excluding hydrogens is 348 g/mol. The number of anilines is 1. The van der Waals surface area contributed by atoms with E-state index in [-0.39, 0.29) is 0 Å². The van der Waals surface area contributed by atoms with Crippen LogP contribution in [0.5, 0.6) is 0 Å². The lowest BCUT2D eigenvalue weighted by Gasteiger charge is -2.33. The second-order valence-electron chi connectivity index (χ2n) is 7.82. The summed E-state index contributed by atoms with van der Waals surface area (Å²) in [6.07, 6.45) is 12.1. The molecule has 0 saturated carbocycles. The average molecular weight is 377 g/mol. The number of pyridine rings is 2. The quantitative estimate of drug-likeness (QED) is 0.661. The van der Waals surface area contributed by atoms with Gasteiger partial charge in [-0.2, -0.15) is 0 Å². The first kappa shape index (κ1) is 18.6. The van der Waals surface area contributed by atoms with Crippen LogP contribution in [-0.4, -0.2) is 51.6 Å². The number of piperidine rings is 1. The summed E-state index contributed by atoms with van der Waals surface area (Å²) in [5.74, 6) is 2.65. The third-order valence-corrected chi connectivity index (χ3v) is 5.24. The van der Waals surface area contributed by atoms with Crippen LogP contribution in [0.4, 0.5) is 5.82 Å². The highest BCUT2D eigenvalue weighted by atomic mass is 15.2. The molecule has 6 nitrogen and oxygen atoms in total. The molecule has 146 valence electrons. The van der Waals surface area contributed by atoms with Gasteiger partial charge in [0.1, 0.15) is 11.6 Å². The first-order valence-corrected chi connectivity index (χ1v) is 9.93. The minimum absolute atomic E-state index is 0.420. The van der Waals surface area contributed by atoms with Gasteiger partial charge in [-0.05, 0) is 50.2 Å². The maximum absolute atomic E-state index is 4.73. The Balaban J connectivity index is 1.46. The topological polar surface area (TPSA) is 50.1 Å². The van der Waals surface area contributed by atoms with Crippen LogP contribution in [0.15, 0.2) is 55.2 Å². The van der Waals surface area contributed by atoms with Gasteiger partial charge in [-0.1, -0.05) is 12.1 Å². The van der Waals surface area contributed by atoms with E-state index in [2.05, 4.69) is 57.8 Å². The molecule has 0 aromatic carbocycles. The molecule has 0 N–H and O–H groups in total. The first-order chi connectivity index (χ1) is 13.7. The number of imidazole rings is 1. The molecule has 0 spiro atoms. The zero-order valence-electron chi connectivity index (χ0n) is 16.7. The minimum Gasteiger partial charge on any atom is -0.356 e. The van der Waals surface area contributed by atoms with Crippen LogP contribution in [-0.2, 0) is 13.1 Å². The van der Waals surface area contributed by atoms with E-state index in [4.69, 9.17) is 9.97 Å². The van der Waals surface area contributed by atoms with E-state index in [9.17, 15) is 0 Å². The molecule has 6 heteroatoms. The number of rotatable bonds is 6. The molecule has 4 heterocycles. The summed E-state index contributed by atoms with van der Waals surface area (Å²) in [5.41, 5.74) is 2.45. The predicted octanol–water partition coefficient (Wildman–Crippen LogP) is 3.17. The van der Waals surface area contributed by atoms with E-state index in [1.807, 2.05) is 30.9 Å². The Kier molecular flexibility index (Phi) is 5.67. The van der Waals surface area contributed by atoms with Gasteiger partial charge in [-0.15, -0.1) is 0 Å². The van der Waals surface area contributed by atoms with Crippen molar-refractivity contribution in [2.75, 3.05) is 32.1 Å². The van der Waals surface area contributed by atoms with Gasteiger partial charge in [0.15, 0.2) is 0 Å². The molecule has 0 bridgehead atoms. The fourth-order valence-corrected chi connectivity index (χ4v) is 3.96. The summed E-state index contributed by atoms with van der Waals surface area (Å²) >= 11 is 0. The number of nitrogens with zero attached hydrogens (tertiary/aromatic N) is 6. The van der Waals surface area contributed by atoms with E-state index >= 15 is 0 Å². The Bertz CT molecular complexity index is 872. The average Bonchev–Trinajstić information content (AvgIpc) is 3.17. The third kappa shape index (κ3) is 4.39. The standard InChI is InChI=1S/C22H28N6/c1-26(2)15-19-7-8-21(25-14-19)27-11-4-6-20(17-27)22-24-10-12-28(22)16-18-5-3-9-23-13-18/h3,5,7-10,12-14,20H,4,6,11,15-17H2,1-2H3/t20-/m0/s1. The van der Waals surface area contributed by atoms with Gasteiger partial charge in [0.05, 0.1) is 6.54 Å². The van der Waals surface area contributed by atoms with Crippen molar-refractivity contribution >= 4 is 5.82 Å². The maximum Gasteiger partial charge on any atom is 0.128 e. The lowest BCUT2D eigenvalue weighted by atomic mass is 9.97. The fourth-order valence-electron chi connectivity index (χ4n) is 3.96. The molecular formula is C22H28N6. The molecule has 0 unspecified atom stereocenters. The van der Waals surface area contributed by atoms with Crippen molar-refractivity contribution in [1.29, 1.82) is 0 Å². The SMILES string of the molecule is CN(C)Cc1ccc(N2CCC[C@H](c3nccn3Cc3cccnc3)C2)nc1. The molecule has 28 heavy (non-hydrogen) atoms. The normalized spacial score (nSPS) is 17.2. The highest BCUT2D eigenvalue weighted by Gasteiger charge is 2.25. The van der Waals surface area contributed by atoms with Gasteiger partial charge in [-0.3, -0.25) is 4.98 Å². The maximum atomic E-state index is 4.73. The van der Waals surface area contributed by atoms with Crippen LogP contribution in [0.2, 0.25) is 0 Å². The zero-order chi connectivity index (χ0) is 19.3. The molecule has 3 aromatic heterocycles. The largest absolute Gasteiger partial charge is 0.356 e. The lowest BCUT2D eigenvalue weighted by molar-refractivity contribution is 0.402. The van der Waals surface area contributed by atoms with Gasteiger partial charge >= 0.3 is 0 Å². The summed E-state index contributed by atoms with van der Waals surface area (Å²) < 4.78 is 2.26. The Labute approximate surface area is 166 Å². The summed E-state index contributed by atoms with van der Waals surface area (Å²) in [6, 6.07) is 8.45. The molecule has 1 aliphatic heterocycles. The molecule has 0 amide bonds. The summed E-state index contributed by atoms with van der Waals surface area (Å²) in [4.78, 5) is 18.2. The minimum atomic E-state index is 0.420. The fraction of sp³-hybridized carbons (Fsp3) is 0.409. The van der Waals surface area contributed by atoms with Crippen molar-refractivity contribution in [2.24, 2.45) is 0 Å². The van der Waals surface area contributed by atoms with E-state index in [1.165, 1.54) is 17.5 Å². The highest BCUT2D eigenvalue weighted by Crippen LogP contribution is 2.28. The number of hydrogen-bond acceptors (Lipinski definition) is 5. The van der Waals surface area contributed by atoms with Crippen LogP contribution in [0, 0.1) is 0 Å². The van der Waals surface area contributed by atoms with Crippen LogP contribution in [0.3, 0.4) is 0 Å². The van der Waals surface area contributed by atoms with Crippen molar-refractivity contribution in [1.82, 2.24) is 24.4 Å². The van der Waals surface area contributed by atoms with E-state index < -0.39 is 0 Å². The highest BCUT2D eigenvalue weighted by molar-refractivity contribution is 5.40. The van der Waals surface area contributed by atoms with Gasteiger partial charge < -0.3 is 14.4 Å². The third-order valence-electron chi connectivity index (χ3n) is 5.24. The van der Waals surface area contributed by atoms with Gasteiger partial charge in [0, 0.05) is 56.5 Å². The molecule has 1 atom stereocenters. The zero-order valence-corrected chi connectivity index (χ0v) is 16.7. The van der Waals surface area contributed by atoms with Crippen LogP contribution < -0.4 is 4.90 Å². The Morgan fingerprint density at radius 2 is 2.00 bits per heavy atom. The monoisotopic (exact) mass is 376 g/mol. The second-order valence-corrected chi connectivity index (χ2v) is 7.82. The van der Waals surface area contributed by atoms with E-state index in [1.54, 1.807) is 0 Å². The second kappa shape index (κ2) is 8.52. The van der Waals surface area contributed by atoms with Crippen molar-refractivity contribution in [3.05, 3.63) is 72.2 Å². The number of aromatic nitrogens is 4. The molecule has 0 radical (unpaired) electrons. The Morgan fingerprint density at radius 1 is 1.07 bits per heavy atom. The van der Waals surface area contributed by atoms with Gasteiger partial charge in [0.25, 0.3) is 0 Å². The molecule has 1 saturated heterocycles. The summed E-state index contributed by atoms with van der Waals surface area (Å²) in [6.45, 7) is 3.75. The van der Waals surface area contributed by atoms with Crippen molar-refractivity contribution < 1.29 is 0 Å². The van der Waals surface area contributed by atoms with Gasteiger partial charge in [-0.25, -0.2) is 9.97 Å². The van der Waals surface area contributed by atoms with Crippen molar-refractivity contribution in [3.63, 3.8) is 0 Å². The van der Waals surface area contributed by atoms with Crippen LogP contribution in [0.25, 0.3) is 0 Å². The van der Waals surface area contributed by atoms with Crippen LogP contribution in [0.1, 0.15) is 35.7 Å². The predicted molar refractivity (Wildman–Crippen MR) is 111 cm³/mol. The van der Waals surface area contributed by atoms with Gasteiger partial charge in [0.2, 0.25) is 0 Å². The summed E-state index contributed by atoms with van der Waals surface area (Å²) in [7, 11) is 4.16. The molecule has 1 aliphatic rings.